The molecule has 0 aliphatic rings. The number of methoxy groups -OCH3 is 2. The first-order valence-electron chi connectivity index (χ1n) is 12.5. The molecule has 1 amide bonds. The molecule has 10 heteroatoms. The molecule has 10 nitrogen and oxygen atoms in total. The molecule has 0 radical (unpaired) electrons. The standard InChI is InChI=1S/C30H31N3O7/c1-19-9-10-20(2)33(19)23-11-13-24(14-12-23)38-18-25-15-16-27(40-25)29(34)32-31-17-22-7-6-8-26(36-4)28(22)39-21(3)30(35)37-5/h6-17,21H,18H2,1-5H3,(H,32,34)/t21-/m1/s1. The van der Waals surface area contributed by atoms with Crippen molar-refractivity contribution in [3.63, 3.8) is 0 Å². The summed E-state index contributed by atoms with van der Waals surface area (Å²) in [4.78, 5) is 24.4. The molecule has 0 aliphatic carbocycles. The minimum Gasteiger partial charge on any atom is -0.493 e. The summed E-state index contributed by atoms with van der Waals surface area (Å²) in [5, 5.41) is 4.00. The Hall–Kier alpha value is -4.99. The van der Waals surface area contributed by atoms with Crippen molar-refractivity contribution in [1.29, 1.82) is 0 Å². The maximum absolute atomic E-state index is 12.6. The van der Waals surface area contributed by atoms with E-state index in [0.29, 0.717) is 22.8 Å². The van der Waals surface area contributed by atoms with Crippen LogP contribution < -0.4 is 19.6 Å². The highest BCUT2D eigenvalue weighted by molar-refractivity contribution is 5.93. The molecule has 208 valence electrons. The Bertz CT molecular complexity index is 1480. The van der Waals surface area contributed by atoms with Gasteiger partial charge in [0.1, 0.15) is 18.1 Å². The van der Waals surface area contributed by atoms with Gasteiger partial charge in [0.15, 0.2) is 23.4 Å². The monoisotopic (exact) mass is 545 g/mol. The Morgan fingerprint density at radius 1 is 1.00 bits per heavy atom. The van der Waals surface area contributed by atoms with Crippen LogP contribution in [0.3, 0.4) is 0 Å². The molecule has 4 aromatic rings. The van der Waals surface area contributed by atoms with E-state index in [4.69, 9.17) is 23.4 Å². The van der Waals surface area contributed by atoms with E-state index in [1.54, 1.807) is 37.3 Å². The van der Waals surface area contributed by atoms with E-state index in [2.05, 4.69) is 41.1 Å². The van der Waals surface area contributed by atoms with Gasteiger partial charge in [0.2, 0.25) is 0 Å². The number of amides is 1. The van der Waals surface area contributed by atoms with Gasteiger partial charge >= 0.3 is 11.9 Å². The normalized spacial score (nSPS) is 11.7. The fraction of sp³-hybridized carbons (Fsp3) is 0.233. The van der Waals surface area contributed by atoms with Crippen LogP contribution in [0.2, 0.25) is 0 Å². The average Bonchev–Trinajstić information content (AvgIpc) is 3.58. The number of nitrogens with one attached hydrogen (secondary N) is 1. The Balaban J connectivity index is 1.35. The van der Waals surface area contributed by atoms with Gasteiger partial charge in [-0.3, -0.25) is 4.79 Å². The lowest BCUT2D eigenvalue weighted by molar-refractivity contribution is -0.147. The van der Waals surface area contributed by atoms with Crippen LogP contribution in [0.1, 0.15) is 40.2 Å². The maximum Gasteiger partial charge on any atom is 0.346 e. The number of nitrogens with zero attached hydrogens (tertiary/aromatic N) is 2. The largest absolute Gasteiger partial charge is 0.493 e. The molecule has 0 unspecified atom stereocenters. The molecular weight excluding hydrogens is 514 g/mol. The van der Waals surface area contributed by atoms with Gasteiger partial charge in [-0.15, -0.1) is 0 Å². The number of ether oxygens (including phenoxy) is 4. The molecular formula is C30H31N3O7. The van der Waals surface area contributed by atoms with Crippen LogP contribution in [0, 0.1) is 13.8 Å². The van der Waals surface area contributed by atoms with Crippen LogP contribution in [0.4, 0.5) is 0 Å². The lowest BCUT2D eigenvalue weighted by Gasteiger charge is -2.16. The summed E-state index contributed by atoms with van der Waals surface area (Å²) in [6.45, 7) is 5.83. The molecule has 2 aromatic carbocycles. The highest BCUT2D eigenvalue weighted by Crippen LogP contribution is 2.31. The molecule has 0 saturated carbocycles. The summed E-state index contributed by atoms with van der Waals surface area (Å²) in [6, 6.07) is 20.2. The second-order valence-corrected chi connectivity index (χ2v) is 8.86. The zero-order valence-electron chi connectivity index (χ0n) is 23.0. The zero-order chi connectivity index (χ0) is 28.6. The van der Waals surface area contributed by atoms with E-state index in [9.17, 15) is 9.59 Å². The number of esters is 1. The quantitative estimate of drug-likeness (QED) is 0.161. The van der Waals surface area contributed by atoms with E-state index >= 15 is 0 Å². The molecule has 4 rings (SSSR count). The summed E-state index contributed by atoms with van der Waals surface area (Å²) in [5.74, 6) is 0.824. The van der Waals surface area contributed by atoms with Gasteiger partial charge < -0.3 is 27.9 Å². The van der Waals surface area contributed by atoms with Crippen LogP contribution in [0.15, 0.2) is 76.2 Å². The highest BCUT2D eigenvalue weighted by atomic mass is 16.6. The number of para-hydroxylation sites is 1. The summed E-state index contributed by atoms with van der Waals surface area (Å²) >= 11 is 0. The predicted octanol–water partition coefficient (Wildman–Crippen LogP) is 4.98. The third-order valence-electron chi connectivity index (χ3n) is 6.06. The number of hydrogen-bond acceptors (Lipinski definition) is 8. The molecule has 0 spiro atoms. The average molecular weight is 546 g/mol. The van der Waals surface area contributed by atoms with Crippen LogP contribution >= 0.6 is 0 Å². The number of hydrogen-bond donors (Lipinski definition) is 1. The van der Waals surface area contributed by atoms with Crippen molar-refractivity contribution in [2.24, 2.45) is 5.10 Å². The highest BCUT2D eigenvalue weighted by Gasteiger charge is 2.19. The summed E-state index contributed by atoms with van der Waals surface area (Å²) < 4.78 is 29.4. The van der Waals surface area contributed by atoms with Crippen LogP contribution in [0.25, 0.3) is 5.69 Å². The summed E-state index contributed by atoms with van der Waals surface area (Å²) in [6.07, 6.45) is 0.505. The van der Waals surface area contributed by atoms with Gasteiger partial charge in [-0.1, -0.05) is 6.07 Å². The zero-order valence-corrected chi connectivity index (χ0v) is 23.0. The molecule has 1 atom stereocenters. The Morgan fingerprint density at radius 3 is 2.40 bits per heavy atom. The Labute approximate surface area is 232 Å². The lowest BCUT2D eigenvalue weighted by atomic mass is 10.2. The van der Waals surface area contributed by atoms with Gasteiger partial charge in [0.25, 0.3) is 0 Å². The van der Waals surface area contributed by atoms with E-state index in [1.165, 1.54) is 20.4 Å². The number of carbonyl (C=O) groups excluding carboxylic acids is 2. The minimum absolute atomic E-state index is 0.0751. The van der Waals surface area contributed by atoms with E-state index in [-0.39, 0.29) is 18.1 Å². The SMILES string of the molecule is COC(=O)[C@@H](C)Oc1c(C=NNC(=O)c2ccc(COc3ccc(-n4c(C)ccc4C)cc3)o2)cccc1OC. The number of furan rings is 1. The fourth-order valence-electron chi connectivity index (χ4n) is 4.03. The molecule has 0 saturated heterocycles. The van der Waals surface area contributed by atoms with Crippen molar-refractivity contribution in [3.05, 3.63) is 95.2 Å². The van der Waals surface area contributed by atoms with Gasteiger partial charge in [0, 0.05) is 22.6 Å². The molecule has 0 fully saturated rings. The first-order chi connectivity index (χ1) is 19.3. The first-order valence-corrected chi connectivity index (χ1v) is 12.5. The smallest absolute Gasteiger partial charge is 0.346 e. The van der Waals surface area contributed by atoms with Crippen molar-refractivity contribution in [2.75, 3.05) is 14.2 Å². The molecule has 0 aliphatic heterocycles. The van der Waals surface area contributed by atoms with Gasteiger partial charge in [-0.25, -0.2) is 10.2 Å². The number of carbonyl (C=O) groups is 2. The van der Waals surface area contributed by atoms with Crippen molar-refractivity contribution in [2.45, 2.75) is 33.5 Å². The predicted molar refractivity (Wildman–Crippen MR) is 148 cm³/mol. The van der Waals surface area contributed by atoms with Crippen molar-refractivity contribution >= 4 is 18.1 Å². The van der Waals surface area contributed by atoms with Crippen molar-refractivity contribution < 1.29 is 33.0 Å². The maximum atomic E-state index is 12.6. The topological polar surface area (TPSA) is 114 Å². The van der Waals surface area contributed by atoms with Gasteiger partial charge in [-0.05, 0) is 81.4 Å². The van der Waals surface area contributed by atoms with Crippen LogP contribution in [-0.4, -0.2) is 43.0 Å². The van der Waals surface area contributed by atoms with Crippen LogP contribution in [-0.2, 0) is 16.1 Å². The van der Waals surface area contributed by atoms with Gasteiger partial charge in [0.05, 0.1) is 20.4 Å². The number of benzene rings is 2. The summed E-state index contributed by atoms with van der Waals surface area (Å²) in [7, 11) is 2.75. The number of hydrazone groups is 1. The Kier molecular flexibility index (Phi) is 8.90. The van der Waals surface area contributed by atoms with E-state index in [1.807, 2.05) is 24.3 Å². The van der Waals surface area contributed by atoms with Crippen molar-refractivity contribution in [3.8, 4) is 22.9 Å². The van der Waals surface area contributed by atoms with E-state index < -0.39 is 18.0 Å². The van der Waals surface area contributed by atoms with E-state index in [0.717, 1.165) is 17.1 Å². The molecule has 40 heavy (non-hydrogen) atoms. The molecule has 2 aromatic heterocycles. The third-order valence-corrected chi connectivity index (χ3v) is 6.06. The molecule has 0 bridgehead atoms. The minimum atomic E-state index is -0.877. The van der Waals surface area contributed by atoms with Crippen LogP contribution in [0.5, 0.6) is 17.2 Å². The Morgan fingerprint density at radius 2 is 1.73 bits per heavy atom. The summed E-state index contributed by atoms with van der Waals surface area (Å²) in [5.41, 5.74) is 6.27. The van der Waals surface area contributed by atoms with Crippen molar-refractivity contribution in [1.82, 2.24) is 9.99 Å². The first kappa shape index (κ1) is 28.0. The molecule has 2 heterocycles. The number of rotatable bonds is 11. The third kappa shape index (κ3) is 6.52. The molecule has 1 N–H and O–H groups in total. The number of aromatic nitrogens is 1. The fourth-order valence-corrected chi connectivity index (χ4v) is 4.03. The second-order valence-electron chi connectivity index (χ2n) is 8.86. The van der Waals surface area contributed by atoms with Gasteiger partial charge in [-0.2, -0.15) is 5.10 Å². The second kappa shape index (κ2) is 12.7. The number of aryl methyl sites for hydroxylation is 2. The lowest BCUT2D eigenvalue weighted by Crippen LogP contribution is -2.25.